The lowest BCUT2D eigenvalue weighted by Crippen LogP contribution is -2.71. The molecule has 9 rings (SSSR count). The van der Waals surface area contributed by atoms with Gasteiger partial charge in [0.15, 0.2) is 16.6 Å². The van der Waals surface area contributed by atoms with Crippen molar-refractivity contribution in [3.8, 4) is 23.0 Å². The number of amides is 4. The molecule has 0 spiro atoms. The smallest absolute Gasteiger partial charge is 0.413 e. The highest BCUT2D eigenvalue weighted by Gasteiger charge is 2.56. The molecule has 91 heavy (non-hydrogen) atoms. The van der Waals surface area contributed by atoms with Crippen LogP contribution in [0.15, 0.2) is 112 Å². The van der Waals surface area contributed by atoms with Crippen LogP contribution < -0.4 is 35.0 Å². The molecule has 2 fully saturated rings. The summed E-state index contributed by atoms with van der Waals surface area (Å²) in [5.41, 5.74) is 0.0426. The minimum atomic E-state index is -1.77. The van der Waals surface area contributed by atoms with E-state index < -0.39 is 82.1 Å². The average molecular weight is 1290 g/mol. The molecule has 3 aromatic carbocycles. The third-order valence-electron chi connectivity index (χ3n) is 15.1. The third kappa shape index (κ3) is 17.1. The fraction of sp³-hybridized carbons (Fsp3) is 0.438. The number of aromatic nitrogens is 2. The van der Waals surface area contributed by atoms with Crippen molar-refractivity contribution in [1.82, 2.24) is 24.7 Å². The van der Waals surface area contributed by atoms with Crippen molar-refractivity contribution in [2.45, 2.75) is 116 Å². The van der Waals surface area contributed by atoms with Crippen LogP contribution in [0.3, 0.4) is 0 Å². The molecule has 0 radical (unpaired) electrons. The van der Waals surface area contributed by atoms with Gasteiger partial charge in [0, 0.05) is 48.7 Å². The van der Waals surface area contributed by atoms with Gasteiger partial charge in [-0.1, -0.05) is 41.6 Å². The Hall–Kier alpha value is -8.95. The molecule has 2 aromatic heterocycles. The Kier molecular flexibility index (Phi) is 21.1. The van der Waals surface area contributed by atoms with E-state index in [0.717, 1.165) is 42.8 Å². The molecule has 4 amide bonds. The summed E-state index contributed by atoms with van der Waals surface area (Å²) in [6.07, 6.45) is 0.0268. The summed E-state index contributed by atoms with van der Waals surface area (Å²) < 4.78 is 46.4. The van der Waals surface area contributed by atoms with Crippen molar-refractivity contribution in [2.24, 2.45) is 5.16 Å². The van der Waals surface area contributed by atoms with Crippen LogP contribution in [0.1, 0.15) is 93.7 Å². The van der Waals surface area contributed by atoms with Crippen LogP contribution in [0.5, 0.6) is 23.0 Å². The molecule has 0 bridgehead atoms. The predicted molar refractivity (Wildman–Crippen MR) is 334 cm³/mol. The molecular weight excluding hydrogens is 1220 g/mol. The lowest BCUT2D eigenvalue weighted by atomic mass is 10.0. The number of pyridine rings is 1. The van der Waals surface area contributed by atoms with E-state index in [-0.39, 0.29) is 59.4 Å². The van der Waals surface area contributed by atoms with Crippen molar-refractivity contribution in [3.63, 3.8) is 0 Å². The number of thiazole rings is 1. The molecule has 25 nitrogen and oxygen atoms in total. The molecule has 6 heterocycles. The second-order valence-electron chi connectivity index (χ2n) is 24.1. The number of thioether (sulfide) groups is 1. The molecule has 5 aromatic rings. The first-order valence-electron chi connectivity index (χ1n) is 29.5. The van der Waals surface area contributed by atoms with Gasteiger partial charge in [0.05, 0.1) is 60.1 Å². The van der Waals surface area contributed by atoms with Crippen molar-refractivity contribution in [2.75, 3.05) is 71.7 Å². The summed E-state index contributed by atoms with van der Waals surface area (Å²) in [4.78, 5) is 125. The standard InChI is InChI=1S/C64H74N8O17S2/c1-63(2,3)87-51(74)31-49(59(78)85-35-40-14-20-44(82-8)21-15-40)89-68-52(46-38-91-61(65-46)67-62(80)88-64(4,5)6)55(75)66-53-57(77)71-54(60(79)86-36-41-16-22-45(83-9)23-17-41)42(37-90-58(53)71)33-72(27-10-11-28-72)29-26-69-24-25-70-32-50(48(73)30-47(70)56(69)76)84-34-39-12-18-43(81-7)19-13-39/h12-23,30,32,38,49,53,58H,10-11,24-29,31,33-37H2,1-9H3,(H-,65,66,67,75,80)/p+1/t49-,53+,58+/m0/s1. The van der Waals surface area contributed by atoms with E-state index in [2.05, 4.69) is 20.8 Å². The maximum absolute atomic E-state index is 14.8. The molecule has 4 aliphatic rings. The number of hydrogen-bond acceptors (Lipinski definition) is 21. The average Bonchev–Trinajstić information content (AvgIpc) is 0.881. The minimum absolute atomic E-state index is 0.0109. The minimum Gasteiger partial charge on any atom is -0.497 e. The van der Waals surface area contributed by atoms with E-state index >= 15 is 0 Å². The molecule has 27 heteroatoms. The van der Waals surface area contributed by atoms with Gasteiger partial charge in [-0.05, 0) is 94.6 Å². The molecule has 2 N–H and O–H groups in total. The predicted octanol–water partition coefficient (Wildman–Crippen LogP) is 6.99. The normalized spacial score (nSPS) is 17.4. The van der Waals surface area contributed by atoms with Gasteiger partial charge in [-0.3, -0.25) is 34.2 Å². The number of ether oxygens (including phenoxy) is 8. The van der Waals surface area contributed by atoms with Crippen molar-refractivity contribution in [3.05, 3.63) is 140 Å². The van der Waals surface area contributed by atoms with Crippen molar-refractivity contribution >= 4 is 75.7 Å². The SMILES string of the molecule is COc1ccc(COC(=O)C2=C(C[N+]3(CCN4CCn5cc(OCc6ccc(OC)cc6)c(=O)cc5C4=O)CCCC3)CS[C@@H]3[C@H](NC(=O)C(=NO[C@@H](CC(=O)OC(C)(C)C)C(=O)OCc4ccc(OC)cc4)c4csc(NC(=O)OC(C)(C)C)n4)C(=O)N23)cc1. The highest BCUT2D eigenvalue weighted by molar-refractivity contribution is 8.00. The number of rotatable bonds is 25. The fourth-order valence-corrected chi connectivity index (χ4v) is 12.6. The van der Waals surface area contributed by atoms with Crippen LogP contribution >= 0.6 is 23.1 Å². The number of carbonyl (C=O) groups excluding carboxylic acids is 7. The van der Waals surface area contributed by atoms with Crippen LogP contribution in [0.4, 0.5) is 9.93 Å². The number of quaternary nitrogens is 1. The Bertz CT molecular complexity index is 3630. The van der Waals surface area contributed by atoms with Gasteiger partial charge in [-0.2, -0.15) is 0 Å². The number of β-lactam (4-membered cyclic amide) rings is 1. The topological polar surface area (TPSA) is 280 Å². The van der Waals surface area contributed by atoms with E-state index in [9.17, 15) is 38.4 Å². The summed E-state index contributed by atoms with van der Waals surface area (Å²) >= 11 is 2.23. The number of carbonyl (C=O) groups is 7. The van der Waals surface area contributed by atoms with E-state index in [1.807, 2.05) is 12.1 Å². The van der Waals surface area contributed by atoms with E-state index in [1.54, 1.807) is 125 Å². The quantitative estimate of drug-likeness (QED) is 0.0149. The Morgan fingerprint density at radius 3 is 1.96 bits per heavy atom. The maximum atomic E-state index is 14.8. The number of fused-ring (bicyclic) bond motifs is 2. The lowest BCUT2D eigenvalue weighted by Gasteiger charge is -2.50. The van der Waals surface area contributed by atoms with Gasteiger partial charge in [0.1, 0.15) is 83.3 Å². The van der Waals surface area contributed by atoms with Gasteiger partial charge in [0.2, 0.25) is 11.5 Å². The van der Waals surface area contributed by atoms with Crippen LogP contribution in [0.25, 0.3) is 0 Å². The Morgan fingerprint density at radius 2 is 1.36 bits per heavy atom. The van der Waals surface area contributed by atoms with Gasteiger partial charge >= 0.3 is 24.0 Å². The molecule has 0 unspecified atom stereocenters. The van der Waals surface area contributed by atoms with Crippen LogP contribution in [0.2, 0.25) is 0 Å². The van der Waals surface area contributed by atoms with Gasteiger partial charge < -0.3 is 62.0 Å². The van der Waals surface area contributed by atoms with Gasteiger partial charge in [0.25, 0.3) is 17.7 Å². The summed E-state index contributed by atoms with van der Waals surface area (Å²) in [5.74, 6) is -2.34. The number of esters is 3. The molecule has 4 aliphatic heterocycles. The number of likely N-dealkylation sites (tertiary alicyclic amines) is 1. The highest BCUT2D eigenvalue weighted by Crippen LogP contribution is 2.42. The van der Waals surface area contributed by atoms with Gasteiger partial charge in [-0.15, -0.1) is 23.1 Å². The molecule has 3 atom stereocenters. The number of methoxy groups -OCH3 is 3. The highest BCUT2D eigenvalue weighted by atomic mass is 32.2. The molecule has 2 saturated heterocycles. The molecule has 484 valence electrons. The fourth-order valence-electron chi connectivity index (χ4n) is 10.6. The largest absolute Gasteiger partial charge is 0.497 e. The summed E-state index contributed by atoms with van der Waals surface area (Å²) in [6, 6.07) is 21.1. The lowest BCUT2D eigenvalue weighted by molar-refractivity contribution is -0.911. The van der Waals surface area contributed by atoms with Crippen LogP contribution in [-0.4, -0.2) is 166 Å². The molecule has 0 aliphatic carbocycles. The van der Waals surface area contributed by atoms with E-state index in [0.29, 0.717) is 71.2 Å². The van der Waals surface area contributed by atoms with Crippen molar-refractivity contribution < 1.29 is 80.8 Å². The number of anilines is 1. The number of oxime groups is 1. The zero-order chi connectivity index (χ0) is 65.2. The number of nitrogens with one attached hydrogen (secondary N) is 2. The maximum Gasteiger partial charge on any atom is 0.413 e. The molecular formula is C64H75N8O17S2+. The Morgan fingerprint density at radius 1 is 0.769 bits per heavy atom. The number of nitrogens with zero attached hydrogens (tertiary/aromatic N) is 6. The summed E-state index contributed by atoms with van der Waals surface area (Å²) in [7, 11) is 4.63. The zero-order valence-electron chi connectivity index (χ0n) is 52.2. The Balaban J connectivity index is 0.956. The number of benzene rings is 3. The van der Waals surface area contributed by atoms with E-state index in [4.69, 9.17) is 42.7 Å². The summed E-state index contributed by atoms with van der Waals surface area (Å²) in [5, 5.41) is 9.93. The van der Waals surface area contributed by atoms with E-state index in [1.165, 1.54) is 42.3 Å². The third-order valence-corrected chi connectivity index (χ3v) is 17.2. The Labute approximate surface area is 534 Å². The summed E-state index contributed by atoms with van der Waals surface area (Å²) in [6.45, 7) is 13.2. The first-order valence-corrected chi connectivity index (χ1v) is 31.5. The first kappa shape index (κ1) is 66.5. The van der Waals surface area contributed by atoms with Crippen LogP contribution in [-0.2, 0) is 74.1 Å². The first-order chi connectivity index (χ1) is 43.4. The monoisotopic (exact) mass is 1290 g/mol. The van der Waals surface area contributed by atoms with Crippen LogP contribution in [0, 0.1) is 0 Å². The second-order valence-corrected chi connectivity index (χ2v) is 26.0. The van der Waals surface area contributed by atoms with Crippen molar-refractivity contribution in [1.29, 1.82) is 0 Å². The second kappa shape index (κ2) is 28.9. The van der Waals surface area contributed by atoms with Gasteiger partial charge in [-0.25, -0.2) is 19.4 Å². The zero-order valence-corrected chi connectivity index (χ0v) is 53.9. The number of hydrogen-bond donors (Lipinski definition) is 2. The molecule has 0 saturated carbocycles.